The molecule has 16 heavy (non-hydrogen) atoms. The third kappa shape index (κ3) is 2.05. The van der Waals surface area contributed by atoms with E-state index in [4.69, 9.17) is 0 Å². The SMILES string of the molecule is [C]1N2C=CN1CCC[n+]1ccn(c1)CCC2. The molecule has 0 atom stereocenters. The van der Waals surface area contributed by atoms with Crippen molar-refractivity contribution in [1.29, 1.82) is 0 Å². The minimum absolute atomic E-state index is 1.05. The molecular weight excluding hydrogens is 200 g/mol. The molecule has 2 radical (unpaired) electrons. The van der Waals surface area contributed by atoms with Gasteiger partial charge in [0.15, 0.2) is 0 Å². The Morgan fingerprint density at radius 2 is 1.81 bits per heavy atom. The fourth-order valence-electron chi connectivity index (χ4n) is 2.19. The van der Waals surface area contributed by atoms with Gasteiger partial charge in [0.05, 0.1) is 13.1 Å². The van der Waals surface area contributed by atoms with Gasteiger partial charge in [0.1, 0.15) is 12.4 Å². The van der Waals surface area contributed by atoms with Crippen molar-refractivity contribution in [2.75, 3.05) is 13.1 Å². The van der Waals surface area contributed by atoms with E-state index in [1.165, 1.54) is 0 Å². The van der Waals surface area contributed by atoms with Gasteiger partial charge in [-0.1, -0.05) is 0 Å². The zero-order valence-corrected chi connectivity index (χ0v) is 9.42. The lowest BCUT2D eigenvalue weighted by Gasteiger charge is -2.18. The fraction of sp³-hybridized carbons (Fsp3) is 0.500. The molecule has 84 valence electrons. The predicted molar refractivity (Wildman–Crippen MR) is 59.7 cm³/mol. The Kier molecular flexibility index (Phi) is 2.56. The van der Waals surface area contributed by atoms with Crippen LogP contribution in [-0.4, -0.2) is 27.5 Å². The number of aromatic nitrogens is 2. The Balaban J connectivity index is 1.71. The number of rotatable bonds is 0. The Morgan fingerprint density at radius 3 is 2.69 bits per heavy atom. The van der Waals surface area contributed by atoms with E-state index in [-0.39, 0.29) is 0 Å². The third-order valence-electron chi connectivity index (χ3n) is 3.06. The molecular formula is C12H17N4+. The van der Waals surface area contributed by atoms with Gasteiger partial charge in [-0.3, -0.25) is 0 Å². The summed E-state index contributed by atoms with van der Waals surface area (Å²) in [5.74, 6) is 0. The highest BCUT2D eigenvalue weighted by molar-refractivity contribution is 4.96. The smallest absolute Gasteiger partial charge is 0.243 e. The van der Waals surface area contributed by atoms with Crippen molar-refractivity contribution in [3.05, 3.63) is 37.8 Å². The van der Waals surface area contributed by atoms with E-state index in [9.17, 15) is 0 Å². The van der Waals surface area contributed by atoms with E-state index in [0.29, 0.717) is 0 Å². The quantitative estimate of drug-likeness (QED) is 0.593. The molecule has 3 heterocycles. The summed E-state index contributed by atoms with van der Waals surface area (Å²) in [5.41, 5.74) is 0. The Hall–Kier alpha value is -1.45. The second kappa shape index (κ2) is 4.20. The molecule has 0 N–H and O–H groups in total. The van der Waals surface area contributed by atoms with E-state index in [1.807, 2.05) is 0 Å². The molecule has 0 saturated carbocycles. The molecule has 4 bridgehead atoms. The van der Waals surface area contributed by atoms with Gasteiger partial charge >= 0.3 is 0 Å². The number of imidazole rings is 1. The van der Waals surface area contributed by atoms with Gasteiger partial charge in [-0.05, 0) is 0 Å². The number of fused-ring (bicyclic) bond motifs is 4. The van der Waals surface area contributed by atoms with Crippen molar-refractivity contribution in [2.45, 2.75) is 25.9 Å². The molecule has 1 aromatic rings. The van der Waals surface area contributed by atoms with Crippen LogP contribution >= 0.6 is 0 Å². The van der Waals surface area contributed by atoms with Crippen LogP contribution in [0.15, 0.2) is 31.1 Å². The highest BCUT2D eigenvalue weighted by Gasteiger charge is 2.15. The van der Waals surface area contributed by atoms with Crippen LogP contribution in [0, 0.1) is 6.67 Å². The Labute approximate surface area is 96.4 Å². The number of hydrogen-bond donors (Lipinski definition) is 0. The maximum atomic E-state index is 3.35. The van der Waals surface area contributed by atoms with Gasteiger partial charge in [-0.2, -0.15) is 0 Å². The minimum atomic E-state index is 1.05. The lowest BCUT2D eigenvalue weighted by atomic mass is 10.4. The first-order valence-corrected chi connectivity index (χ1v) is 5.93. The average molecular weight is 217 g/mol. The van der Waals surface area contributed by atoms with Gasteiger partial charge in [0.25, 0.3) is 0 Å². The molecule has 0 spiro atoms. The Morgan fingerprint density at radius 1 is 1.00 bits per heavy atom. The normalized spacial score (nSPS) is 20.8. The largest absolute Gasteiger partial charge is 0.346 e. The number of hydrogen-bond acceptors (Lipinski definition) is 2. The topological polar surface area (TPSA) is 15.3 Å². The molecule has 0 amide bonds. The maximum absolute atomic E-state index is 3.35. The summed E-state index contributed by atoms with van der Waals surface area (Å²) in [6.45, 7) is 7.61. The van der Waals surface area contributed by atoms with E-state index in [0.717, 1.165) is 39.0 Å². The summed E-state index contributed by atoms with van der Waals surface area (Å²) in [6.07, 6.45) is 13.1. The molecule has 0 aromatic carbocycles. The first-order valence-electron chi connectivity index (χ1n) is 5.93. The highest BCUT2D eigenvalue weighted by Crippen LogP contribution is 2.12. The van der Waals surface area contributed by atoms with Gasteiger partial charge in [0.2, 0.25) is 13.0 Å². The summed E-state index contributed by atoms with van der Waals surface area (Å²) in [4.78, 5) is 4.30. The molecule has 2 aliphatic heterocycles. The minimum Gasteiger partial charge on any atom is -0.346 e. The van der Waals surface area contributed by atoms with Crippen molar-refractivity contribution in [3.63, 3.8) is 0 Å². The average Bonchev–Trinajstić information content (AvgIpc) is 2.88. The lowest BCUT2D eigenvalue weighted by molar-refractivity contribution is -0.696. The van der Waals surface area contributed by atoms with Crippen molar-refractivity contribution in [2.24, 2.45) is 0 Å². The van der Waals surface area contributed by atoms with E-state index in [1.54, 1.807) is 0 Å². The van der Waals surface area contributed by atoms with Crippen LogP contribution in [0.3, 0.4) is 0 Å². The summed E-state index contributed by atoms with van der Waals surface area (Å²) >= 11 is 0. The second-order valence-corrected chi connectivity index (χ2v) is 4.38. The van der Waals surface area contributed by atoms with Crippen LogP contribution < -0.4 is 4.57 Å². The predicted octanol–water partition coefficient (Wildman–Crippen LogP) is 0.654. The fourth-order valence-corrected chi connectivity index (χ4v) is 2.19. The van der Waals surface area contributed by atoms with Crippen LogP contribution in [0.5, 0.6) is 0 Å². The number of aryl methyl sites for hydroxylation is 2. The molecule has 4 nitrogen and oxygen atoms in total. The first-order chi connectivity index (χ1) is 7.90. The van der Waals surface area contributed by atoms with Gasteiger partial charge in [-0.25, -0.2) is 9.13 Å². The second-order valence-electron chi connectivity index (χ2n) is 4.38. The van der Waals surface area contributed by atoms with E-state index in [2.05, 4.69) is 56.7 Å². The Bertz CT molecular complexity index is 350. The van der Waals surface area contributed by atoms with E-state index < -0.39 is 0 Å². The molecule has 3 rings (SSSR count). The maximum Gasteiger partial charge on any atom is 0.243 e. The summed E-state index contributed by atoms with van der Waals surface area (Å²) in [7, 11) is 0. The van der Waals surface area contributed by atoms with Crippen LogP contribution in [0.1, 0.15) is 12.8 Å². The van der Waals surface area contributed by atoms with Crippen molar-refractivity contribution >= 4 is 0 Å². The van der Waals surface area contributed by atoms with Crippen molar-refractivity contribution < 1.29 is 4.57 Å². The molecule has 0 fully saturated rings. The van der Waals surface area contributed by atoms with Gasteiger partial charge in [0, 0.05) is 38.3 Å². The van der Waals surface area contributed by atoms with Crippen molar-refractivity contribution in [1.82, 2.24) is 14.4 Å². The van der Waals surface area contributed by atoms with Crippen LogP contribution in [0.2, 0.25) is 0 Å². The third-order valence-corrected chi connectivity index (χ3v) is 3.06. The van der Waals surface area contributed by atoms with Crippen LogP contribution in [-0.2, 0) is 13.1 Å². The number of nitrogens with zero attached hydrogens (tertiary/aromatic N) is 4. The standard InChI is InChI=1S/C12H17N4/c1-3-13-7-9-15(11-13)5-2-6-16-10-8-14(4-1)12-16/h7-11H,1-6H2/q+1. The lowest BCUT2D eigenvalue weighted by Crippen LogP contribution is -2.33. The molecule has 0 saturated heterocycles. The summed E-state index contributed by atoms with van der Waals surface area (Å²) in [6, 6.07) is 0. The molecule has 0 unspecified atom stereocenters. The zero-order valence-electron chi connectivity index (χ0n) is 9.42. The first kappa shape index (κ1) is 9.75. The van der Waals surface area contributed by atoms with Crippen molar-refractivity contribution in [3.8, 4) is 0 Å². The zero-order chi connectivity index (χ0) is 10.8. The molecule has 0 aliphatic carbocycles. The van der Waals surface area contributed by atoms with E-state index >= 15 is 0 Å². The monoisotopic (exact) mass is 217 g/mol. The van der Waals surface area contributed by atoms with Crippen LogP contribution in [0.4, 0.5) is 0 Å². The van der Waals surface area contributed by atoms with Crippen LogP contribution in [0.25, 0.3) is 0 Å². The molecule has 4 heteroatoms. The van der Waals surface area contributed by atoms with Gasteiger partial charge < -0.3 is 9.80 Å². The molecule has 1 aromatic heterocycles. The summed E-state index contributed by atoms with van der Waals surface area (Å²) < 4.78 is 4.53. The summed E-state index contributed by atoms with van der Waals surface area (Å²) in [5, 5.41) is 0. The molecule has 2 aliphatic rings. The van der Waals surface area contributed by atoms with Gasteiger partial charge in [-0.15, -0.1) is 0 Å². The highest BCUT2D eigenvalue weighted by atomic mass is 15.3.